The van der Waals surface area contributed by atoms with Gasteiger partial charge < -0.3 is 5.11 Å². The summed E-state index contributed by atoms with van der Waals surface area (Å²) in [4.78, 5) is 11.0. The van der Waals surface area contributed by atoms with Crippen molar-refractivity contribution < 1.29 is 18.3 Å². The number of hydrogen-bond donors (Lipinski definition) is 2. The molecule has 0 saturated carbocycles. The van der Waals surface area contributed by atoms with Gasteiger partial charge in [-0.25, -0.2) is 4.72 Å². The van der Waals surface area contributed by atoms with Crippen LogP contribution in [0.2, 0.25) is 0 Å². The molecule has 0 amide bonds. The second kappa shape index (κ2) is 5.75. The van der Waals surface area contributed by atoms with E-state index in [-0.39, 0.29) is 6.54 Å². The van der Waals surface area contributed by atoms with Gasteiger partial charge in [-0.2, -0.15) is 12.7 Å². The van der Waals surface area contributed by atoms with Gasteiger partial charge in [-0.1, -0.05) is 24.3 Å². The number of nitrogens with one attached hydrogen (secondary N) is 1. The molecule has 0 aliphatic carbocycles. The molecule has 2 rings (SSSR count). The lowest BCUT2D eigenvalue weighted by molar-refractivity contribution is -0.146. The maximum absolute atomic E-state index is 12.3. The van der Waals surface area contributed by atoms with Crippen molar-refractivity contribution in [3.05, 3.63) is 35.4 Å². The smallest absolute Gasteiger partial charge is 0.310 e. The predicted molar refractivity (Wildman–Crippen MR) is 78.9 cm³/mol. The van der Waals surface area contributed by atoms with Crippen LogP contribution in [0.5, 0.6) is 0 Å². The van der Waals surface area contributed by atoms with Crippen LogP contribution in [0.1, 0.15) is 25.0 Å². The summed E-state index contributed by atoms with van der Waals surface area (Å²) in [6, 6.07) is 7.74. The number of nitrogens with zero attached hydrogens (tertiary/aromatic N) is 1. The average Bonchev–Trinajstić information content (AvgIpc) is 2.45. The highest BCUT2D eigenvalue weighted by Crippen LogP contribution is 2.21. The fourth-order valence-electron chi connectivity index (χ4n) is 2.11. The zero-order valence-corrected chi connectivity index (χ0v) is 13.0. The van der Waals surface area contributed by atoms with Crippen LogP contribution in [-0.4, -0.2) is 36.9 Å². The molecule has 0 fully saturated rings. The quantitative estimate of drug-likeness (QED) is 0.849. The molecule has 116 valence electrons. The van der Waals surface area contributed by atoms with Crippen molar-refractivity contribution in [1.29, 1.82) is 0 Å². The number of carboxylic acid groups (broad SMARTS) is 1. The van der Waals surface area contributed by atoms with E-state index in [1.54, 1.807) is 0 Å². The molecule has 2 N–H and O–H groups in total. The molecule has 1 aromatic rings. The maximum Gasteiger partial charge on any atom is 0.310 e. The zero-order chi connectivity index (χ0) is 15.7. The Morgan fingerprint density at radius 3 is 2.57 bits per heavy atom. The highest BCUT2D eigenvalue weighted by molar-refractivity contribution is 7.87. The maximum atomic E-state index is 12.3. The van der Waals surface area contributed by atoms with Crippen molar-refractivity contribution in [1.82, 2.24) is 9.03 Å². The SMILES string of the molecule is CC(C)(CNS(=O)(=O)N1CCc2ccccc2C1)C(=O)O. The van der Waals surface area contributed by atoms with Crippen LogP contribution in [0, 0.1) is 5.41 Å². The predicted octanol–water partition coefficient (Wildman–Crippen LogP) is 0.990. The number of benzene rings is 1. The Morgan fingerprint density at radius 1 is 1.33 bits per heavy atom. The molecule has 1 aliphatic rings. The monoisotopic (exact) mass is 312 g/mol. The molecule has 7 heteroatoms. The van der Waals surface area contributed by atoms with Gasteiger partial charge in [0, 0.05) is 19.6 Å². The van der Waals surface area contributed by atoms with Crippen molar-refractivity contribution in [2.24, 2.45) is 5.41 Å². The summed E-state index contributed by atoms with van der Waals surface area (Å²) in [5, 5.41) is 9.03. The lowest BCUT2D eigenvalue weighted by Crippen LogP contribution is -2.47. The Kier molecular flexibility index (Phi) is 4.36. The van der Waals surface area contributed by atoms with E-state index in [0.29, 0.717) is 19.5 Å². The first kappa shape index (κ1) is 15.9. The highest BCUT2D eigenvalue weighted by Gasteiger charge is 2.32. The average molecular weight is 312 g/mol. The van der Waals surface area contributed by atoms with Gasteiger partial charge in [0.25, 0.3) is 10.2 Å². The highest BCUT2D eigenvalue weighted by atomic mass is 32.2. The lowest BCUT2D eigenvalue weighted by atomic mass is 9.95. The molecule has 1 aliphatic heterocycles. The van der Waals surface area contributed by atoms with Crippen LogP contribution < -0.4 is 4.72 Å². The third kappa shape index (κ3) is 3.61. The summed E-state index contributed by atoms with van der Waals surface area (Å²) in [7, 11) is -3.67. The van der Waals surface area contributed by atoms with E-state index in [1.807, 2.05) is 24.3 Å². The minimum absolute atomic E-state index is 0.136. The molecule has 21 heavy (non-hydrogen) atoms. The molecule has 0 radical (unpaired) electrons. The second-order valence-corrected chi connectivity index (χ2v) is 7.62. The van der Waals surface area contributed by atoms with E-state index in [0.717, 1.165) is 11.1 Å². The van der Waals surface area contributed by atoms with Gasteiger partial charge in [0.1, 0.15) is 0 Å². The third-order valence-corrected chi connectivity index (χ3v) is 5.21. The van der Waals surface area contributed by atoms with Gasteiger partial charge >= 0.3 is 5.97 Å². The van der Waals surface area contributed by atoms with Crippen LogP contribution in [0.25, 0.3) is 0 Å². The number of rotatable bonds is 5. The van der Waals surface area contributed by atoms with Gasteiger partial charge in [-0.15, -0.1) is 0 Å². The number of carboxylic acids is 1. The van der Waals surface area contributed by atoms with Crippen LogP contribution in [-0.2, 0) is 28.0 Å². The van der Waals surface area contributed by atoms with Crippen molar-refractivity contribution in [3.63, 3.8) is 0 Å². The topological polar surface area (TPSA) is 86.7 Å². The number of carbonyl (C=O) groups is 1. The summed E-state index contributed by atoms with van der Waals surface area (Å²) >= 11 is 0. The summed E-state index contributed by atoms with van der Waals surface area (Å²) in [6.07, 6.45) is 0.666. The standard InChI is InChI=1S/C14H20N2O4S/c1-14(2,13(17)18)10-15-21(19,20)16-8-7-11-5-3-4-6-12(11)9-16/h3-6,15H,7-10H2,1-2H3,(H,17,18). The van der Waals surface area contributed by atoms with Crippen LogP contribution >= 0.6 is 0 Å². The van der Waals surface area contributed by atoms with E-state index >= 15 is 0 Å². The fraction of sp³-hybridized carbons (Fsp3) is 0.500. The number of hydrogen-bond acceptors (Lipinski definition) is 3. The molecular formula is C14H20N2O4S. The van der Waals surface area contributed by atoms with E-state index in [1.165, 1.54) is 18.2 Å². The Bertz CT molecular complexity index is 640. The first-order valence-electron chi connectivity index (χ1n) is 6.77. The Morgan fingerprint density at radius 2 is 1.95 bits per heavy atom. The van der Waals surface area contributed by atoms with Crippen molar-refractivity contribution in [3.8, 4) is 0 Å². The number of aliphatic carboxylic acids is 1. The van der Waals surface area contributed by atoms with Gasteiger partial charge in [0.2, 0.25) is 0 Å². The normalized spacial score (nSPS) is 16.5. The third-order valence-electron chi connectivity index (χ3n) is 3.71. The van der Waals surface area contributed by atoms with Gasteiger partial charge in [-0.05, 0) is 31.4 Å². The first-order valence-corrected chi connectivity index (χ1v) is 8.21. The molecule has 1 aromatic carbocycles. The molecule has 0 bridgehead atoms. The van der Waals surface area contributed by atoms with Crippen molar-refractivity contribution in [2.45, 2.75) is 26.8 Å². The van der Waals surface area contributed by atoms with Crippen LogP contribution in [0.15, 0.2) is 24.3 Å². The second-order valence-electron chi connectivity index (χ2n) is 5.87. The molecule has 1 heterocycles. The van der Waals surface area contributed by atoms with Gasteiger partial charge in [0.05, 0.1) is 5.41 Å². The Labute approximate surface area is 125 Å². The molecule has 0 saturated heterocycles. The molecule has 0 spiro atoms. The number of fused-ring (bicyclic) bond motifs is 1. The Balaban J connectivity index is 2.07. The summed E-state index contributed by atoms with van der Waals surface area (Å²) in [5.74, 6) is -1.03. The summed E-state index contributed by atoms with van der Waals surface area (Å²) in [6.45, 7) is 3.56. The minimum atomic E-state index is -3.67. The van der Waals surface area contributed by atoms with E-state index in [4.69, 9.17) is 5.11 Å². The first-order chi connectivity index (χ1) is 9.72. The molecular weight excluding hydrogens is 292 g/mol. The van der Waals surface area contributed by atoms with Crippen molar-refractivity contribution >= 4 is 16.2 Å². The molecule has 6 nitrogen and oxygen atoms in total. The largest absolute Gasteiger partial charge is 0.481 e. The Hall–Kier alpha value is -1.44. The van der Waals surface area contributed by atoms with Gasteiger partial charge in [0.15, 0.2) is 0 Å². The van der Waals surface area contributed by atoms with E-state index in [9.17, 15) is 13.2 Å². The van der Waals surface area contributed by atoms with E-state index < -0.39 is 21.6 Å². The van der Waals surface area contributed by atoms with Crippen LogP contribution in [0.3, 0.4) is 0 Å². The van der Waals surface area contributed by atoms with Crippen LogP contribution in [0.4, 0.5) is 0 Å². The summed E-state index contributed by atoms with van der Waals surface area (Å²) < 4.78 is 28.3. The minimum Gasteiger partial charge on any atom is -0.481 e. The van der Waals surface area contributed by atoms with E-state index in [2.05, 4.69) is 4.72 Å². The molecule has 0 atom stereocenters. The molecule has 0 unspecified atom stereocenters. The zero-order valence-electron chi connectivity index (χ0n) is 12.2. The molecule has 0 aromatic heterocycles. The van der Waals surface area contributed by atoms with Crippen molar-refractivity contribution in [2.75, 3.05) is 13.1 Å². The summed E-state index contributed by atoms with van der Waals surface area (Å²) in [5.41, 5.74) is 1.02. The van der Waals surface area contributed by atoms with Gasteiger partial charge in [-0.3, -0.25) is 4.79 Å². The lowest BCUT2D eigenvalue weighted by Gasteiger charge is -2.29. The fourth-order valence-corrected chi connectivity index (χ4v) is 3.48.